The second kappa shape index (κ2) is 4.51. The SMILES string of the molecule is O=c1[nH]c(=O)c2c(nc(Br)n2Cc2ccccc2)[nH]1. The van der Waals surface area contributed by atoms with Crippen molar-refractivity contribution in [3.63, 3.8) is 0 Å². The van der Waals surface area contributed by atoms with Crippen LogP contribution in [0.15, 0.2) is 44.7 Å². The first-order valence-electron chi connectivity index (χ1n) is 5.57. The fourth-order valence-electron chi connectivity index (χ4n) is 1.95. The summed E-state index contributed by atoms with van der Waals surface area (Å²) in [6.45, 7) is 0.493. The molecule has 3 aromatic rings. The van der Waals surface area contributed by atoms with Gasteiger partial charge in [-0.3, -0.25) is 14.8 Å². The fraction of sp³-hybridized carbons (Fsp3) is 0.0833. The predicted octanol–water partition coefficient (Wildman–Crippen LogP) is 1.22. The average Bonchev–Trinajstić information content (AvgIpc) is 2.67. The van der Waals surface area contributed by atoms with Gasteiger partial charge < -0.3 is 4.57 Å². The molecule has 6 nitrogen and oxygen atoms in total. The van der Waals surface area contributed by atoms with Crippen LogP contribution in [0, 0.1) is 0 Å². The summed E-state index contributed by atoms with van der Waals surface area (Å²) < 4.78 is 2.21. The van der Waals surface area contributed by atoms with Gasteiger partial charge in [-0.25, -0.2) is 9.78 Å². The van der Waals surface area contributed by atoms with Crippen LogP contribution in [0.4, 0.5) is 0 Å². The topological polar surface area (TPSA) is 83.5 Å². The van der Waals surface area contributed by atoms with Gasteiger partial charge in [-0.1, -0.05) is 30.3 Å². The van der Waals surface area contributed by atoms with Gasteiger partial charge in [0.2, 0.25) is 0 Å². The Kier molecular flexibility index (Phi) is 2.83. The third kappa shape index (κ3) is 2.12. The number of benzene rings is 1. The lowest BCUT2D eigenvalue weighted by molar-refractivity contribution is 0.795. The van der Waals surface area contributed by atoms with Gasteiger partial charge in [0.05, 0.1) is 6.54 Å². The van der Waals surface area contributed by atoms with E-state index in [-0.39, 0.29) is 5.65 Å². The highest BCUT2D eigenvalue weighted by atomic mass is 79.9. The molecule has 0 amide bonds. The van der Waals surface area contributed by atoms with E-state index in [9.17, 15) is 9.59 Å². The van der Waals surface area contributed by atoms with Crippen molar-refractivity contribution in [3.8, 4) is 0 Å². The Bertz CT molecular complexity index is 848. The van der Waals surface area contributed by atoms with E-state index in [4.69, 9.17) is 0 Å². The summed E-state index contributed by atoms with van der Waals surface area (Å²) in [6, 6.07) is 9.69. The second-order valence-corrected chi connectivity index (χ2v) is 4.77. The molecule has 0 aliphatic carbocycles. The molecule has 0 bridgehead atoms. The number of hydrogen-bond donors (Lipinski definition) is 2. The van der Waals surface area contributed by atoms with Gasteiger partial charge in [0.1, 0.15) is 0 Å². The highest BCUT2D eigenvalue weighted by molar-refractivity contribution is 9.10. The standard InChI is InChI=1S/C12H9BrN4O2/c13-11-14-9-8(10(18)16-12(19)15-9)17(11)6-7-4-2-1-3-5-7/h1-5H,6H2,(H2,15,16,18,19). The number of aromatic nitrogens is 4. The summed E-state index contributed by atoms with van der Waals surface area (Å²) in [4.78, 5) is 31.9. The normalized spacial score (nSPS) is 11.0. The van der Waals surface area contributed by atoms with E-state index in [0.29, 0.717) is 16.8 Å². The molecule has 0 spiro atoms. The van der Waals surface area contributed by atoms with Crippen LogP contribution in [0.5, 0.6) is 0 Å². The maximum atomic E-state index is 11.9. The second-order valence-electron chi connectivity index (χ2n) is 4.06. The molecule has 0 atom stereocenters. The van der Waals surface area contributed by atoms with Gasteiger partial charge in [-0.05, 0) is 21.5 Å². The highest BCUT2D eigenvalue weighted by Crippen LogP contribution is 2.16. The third-order valence-electron chi connectivity index (χ3n) is 2.78. The van der Waals surface area contributed by atoms with Crippen molar-refractivity contribution in [2.75, 3.05) is 0 Å². The number of halogens is 1. The lowest BCUT2D eigenvalue weighted by Gasteiger charge is -2.04. The van der Waals surface area contributed by atoms with Crippen molar-refractivity contribution in [3.05, 3.63) is 61.5 Å². The Hall–Kier alpha value is -2.15. The zero-order chi connectivity index (χ0) is 13.4. The lowest BCUT2D eigenvalue weighted by Crippen LogP contribution is -2.23. The Morgan fingerprint density at radius 2 is 1.89 bits per heavy atom. The van der Waals surface area contributed by atoms with Gasteiger partial charge in [0.15, 0.2) is 15.9 Å². The van der Waals surface area contributed by atoms with Crippen LogP contribution in [0.1, 0.15) is 5.56 Å². The van der Waals surface area contributed by atoms with Crippen LogP contribution >= 0.6 is 15.9 Å². The van der Waals surface area contributed by atoms with Crippen LogP contribution in [0.2, 0.25) is 0 Å². The summed E-state index contributed by atoms with van der Waals surface area (Å²) in [5.41, 5.74) is 0.641. The lowest BCUT2D eigenvalue weighted by atomic mass is 10.2. The average molecular weight is 321 g/mol. The Morgan fingerprint density at radius 3 is 2.63 bits per heavy atom. The molecule has 0 radical (unpaired) electrons. The van der Waals surface area contributed by atoms with E-state index in [2.05, 4.69) is 30.9 Å². The van der Waals surface area contributed by atoms with Crippen molar-refractivity contribution in [2.24, 2.45) is 0 Å². The number of aromatic amines is 2. The number of H-pyrrole nitrogens is 2. The van der Waals surface area contributed by atoms with Gasteiger partial charge in [-0.15, -0.1) is 0 Å². The fourth-order valence-corrected chi connectivity index (χ4v) is 2.43. The zero-order valence-corrected chi connectivity index (χ0v) is 11.3. The summed E-state index contributed by atoms with van der Waals surface area (Å²) in [5, 5.41) is 0. The monoisotopic (exact) mass is 320 g/mol. The number of nitrogens with one attached hydrogen (secondary N) is 2. The van der Waals surface area contributed by atoms with E-state index < -0.39 is 11.2 Å². The predicted molar refractivity (Wildman–Crippen MR) is 74.2 cm³/mol. The maximum Gasteiger partial charge on any atom is 0.327 e. The van der Waals surface area contributed by atoms with Gasteiger partial charge in [-0.2, -0.15) is 0 Å². The van der Waals surface area contributed by atoms with E-state index in [1.54, 1.807) is 4.57 Å². The molecule has 0 fully saturated rings. The van der Waals surface area contributed by atoms with Crippen LogP contribution in [-0.4, -0.2) is 19.5 Å². The molecular formula is C12H9BrN4O2. The minimum atomic E-state index is -0.561. The summed E-state index contributed by atoms with van der Waals surface area (Å²) in [6.07, 6.45) is 0. The van der Waals surface area contributed by atoms with Crippen LogP contribution in [0.25, 0.3) is 11.2 Å². The molecule has 1 aromatic carbocycles. The molecule has 0 aliphatic heterocycles. The Labute approximate surface area is 115 Å². The van der Waals surface area contributed by atoms with Gasteiger partial charge in [0, 0.05) is 0 Å². The summed E-state index contributed by atoms with van der Waals surface area (Å²) >= 11 is 3.30. The van der Waals surface area contributed by atoms with Gasteiger partial charge in [0.25, 0.3) is 5.56 Å². The molecule has 0 aliphatic rings. The van der Waals surface area contributed by atoms with Crippen molar-refractivity contribution >= 4 is 27.1 Å². The number of nitrogens with zero attached hydrogens (tertiary/aromatic N) is 2. The Balaban J connectivity index is 2.21. The van der Waals surface area contributed by atoms with Crippen molar-refractivity contribution in [2.45, 2.75) is 6.54 Å². The summed E-state index contributed by atoms with van der Waals surface area (Å²) in [7, 11) is 0. The van der Waals surface area contributed by atoms with E-state index in [0.717, 1.165) is 5.56 Å². The molecule has 0 saturated carbocycles. The van der Waals surface area contributed by atoms with E-state index in [1.807, 2.05) is 30.3 Å². The van der Waals surface area contributed by atoms with Crippen molar-refractivity contribution < 1.29 is 0 Å². The molecule has 7 heteroatoms. The smallest absolute Gasteiger partial charge is 0.308 e. The quantitative estimate of drug-likeness (QED) is 0.696. The van der Waals surface area contributed by atoms with Crippen molar-refractivity contribution in [1.82, 2.24) is 19.5 Å². The molecule has 0 unspecified atom stereocenters. The van der Waals surface area contributed by atoms with Gasteiger partial charge >= 0.3 is 5.69 Å². The Morgan fingerprint density at radius 1 is 1.16 bits per heavy atom. The first-order chi connectivity index (χ1) is 9.15. The molecule has 2 aromatic heterocycles. The molecule has 19 heavy (non-hydrogen) atoms. The van der Waals surface area contributed by atoms with E-state index in [1.165, 1.54) is 0 Å². The third-order valence-corrected chi connectivity index (χ3v) is 3.38. The van der Waals surface area contributed by atoms with Crippen LogP contribution < -0.4 is 11.2 Å². The molecule has 3 rings (SSSR count). The maximum absolute atomic E-state index is 11.9. The van der Waals surface area contributed by atoms with Crippen LogP contribution in [-0.2, 0) is 6.54 Å². The zero-order valence-electron chi connectivity index (χ0n) is 9.68. The number of hydrogen-bond acceptors (Lipinski definition) is 3. The minimum absolute atomic E-state index is 0.275. The molecule has 96 valence electrons. The number of imidazole rings is 1. The minimum Gasteiger partial charge on any atom is -0.308 e. The number of fused-ring (bicyclic) bond motifs is 1. The van der Waals surface area contributed by atoms with Crippen LogP contribution in [0.3, 0.4) is 0 Å². The largest absolute Gasteiger partial charge is 0.327 e. The van der Waals surface area contributed by atoms with Crippen molar-refractivity contribution in [1.29, 1.82) is 0 Å². The first-order valence-corrected chi connectivity index (χ1v) is 6.37. The molecular weight excluding hydrogens is 312 g/mol. The number of rotatable bonds is 2. The molecule has 2 N–H and O–H groups in total. The molecule has 0 saturated heterocycles. The molecule has 2 heterocycles. The highest BCUT2D eigenvalue weighted by Gasteiger charge is 2.13. The first kappa shape index (κ1) is 11.9. The van der Waals surface area contributed by atoms with E-state index >= 15 is 0 Å². The summed E-state index contributed by atoms with van der Waals surface area (Å²) in [5.74, 6) is 0.